The van der Waals surface area contributed by atoms with E-state index in [1.807, 2.05) is 4.90 Å². The van der Waals surface area contributed by atoms with Crippen molar-refractivity contribution >= 4 is 12.4 Å². The fourth-order valence-electron chi connectivity index (χ4n) is 2.81. The van der Waals surface area contributed by atoms with Gasteiger partial charge in [-0.05, 0) is 36.6 Å². The number of aliphatic hydroxyl groups is 1. The summed E-state index contributed by atoms with van der Waals surface area (Å²) in [5, 5.41) is 12.2. The minimum Gasteiger partial charge on any atom is -0.396 e. The Morgan fingerprint density at radius 3 is 2.39 bits per heavy atom. The molecule has 0 aromatic heterocycles. The lowest BCUT2D eigenvalue weighted by Gasteiger charge is -2.35. The molecular weight excluding hydrogens is 336 g/mol. The normalized spacial score (nSPS) is 17.6. The van der Waals surface area contributed by atoms with Crippen molar-refractivity contribution in [2.45, 2.75) is 25.1 Å². The quantitative estimate of drug-likeness (QED) is 0.796. The Balaban J connectivity index is 0.00000264. The summed E-state index contributed by atoms with van der Waals surface area (Å²) < 4.78 is 52.3. The van der Waals surface area contributed by atoms with Crippen molar-refractivity contribution < 1.29 is 22.7 Å². The number of hydrogen-bond donors (Lipinski definition) is 2. The van der Waals surface area contributed by atoms with Crippen LogP contribution in [0.4, 0.5) is 17.6 Å². The number of nitrogens with one attached hydrogen (secondary N) is 1. The van der Waals surface area contributed by atoms with Gasteiger partial charge in [-0.15, -0.1) is 12.4 Å². The summed E-state index contributed by atoms with van der Waals surface area (Å²) in [6.07, 6.45) is -3.61. The van der Waals surface area contributed by atoms with Crippen LogP contribution in [0.25, 0.3) is 0 Å². The maximum atomic E-state index is 13.6. The third-order valence-electron chi connectivity index (χ3n) is 3.86. The molecule has 2 rings (SSSR count). The molecule has 2 N–H and O–H groups in total. The molecule has 132 valence electrons. The van der Waals surface area contributed by atoms with Crippen molar-refractivity contribution in [3.8, 4) is 0 Å². The van der Waals surface area contributed by atoms with E-state index in [9.17, 15) is 17.6 Å². The highest BCUT2D eigenvalue weighted by molar-refractivity contribution is 5.85. The predicted molar refractivity (Wildman–Crippen MR) is 82.2 cm³/mol. The van der Waals surface area contributed by atoms with Crippen LogP contribution in [-0.2, 0) is 6.18 Å². The second-order valence-corrected chi connectivity index (χ2v) is 5.44. The number of aliphatic hydroxyl groups excluding tert-OH is 1. The second-order valence-electron chi connectivity index (χ2n) is 5.44. The first-order valence-electron chi connectivity index (χ1n) is 7.35. The molecule has 1 aromatic carbocycles. The number of benzene rings is 1. The first-order chi connectivity index (χ1) is 10.4. The average molecular weight is 357 g/mol. The lowest BCUT2D eigenvalue weighted by atomic mass is 9.97. The first kappa shape index (κ1) is 20.2. The van der Waals surface area contributed by atoms with E-state index in [0.29, 0.717) is 37.6 Å². The summed E-state index contributed by atoms with van der Waals surface area (Å²) in [7, 11) is 0. The molecule has 1 aromatic rings. The SMILES string of the molecule is Cl.OCCC[C@H](c1cc(F)cc(C(F)(F)F)c1)N1CCNCC1. The molecule has 0 aliphatic carbocycles. The highest BCUT2D eigenvalue weighted by atomic mass is 35.5. The number of piperazine rings is 1. The number of halogens is 5. The largest absolute Gasteiger partial charge is 0.416 e. The summed E-state index contributed by atoms with van der Waals surface area (Å²) in [6, 6.07) is 2.39. The molecule has 0 unspecified atom stereocenters. The molecule has 23 heavy (non-hydrogen) atoms. The van der Waals surface area contributed by atoms with Crippen LogP contribution < -0.4 is 5.32 Å². The predicted octanol–water partition coefficient (Wildman–Crippen LogP) is 2.99. The summed E-state index contributed by atoms with van der Waals surface area (Å²) >= 11 is 0. The van der Waals surface area contributed by atoms with Gasteiger partial charge in [-0.25, -0.2) is 4.39 Å². The zero-order chi connectivity index (χ0) is 16.2. The lowest BCUT2D eigenvalue weighted by molar-refractivity contribution is -0.137. The monoisotopic (exact) mass is 356 g/mol. The fraction of sp³-hybridized carbons (Fsp3) is 0.600. The van der Waals surface area contributed by atoms with Crippen LogP contribution in [0.5, 0.6) is 0 Å². The van der Waals surface area contributed by atoms with Crippen molar-refractivity contribution in [1.82, 2.24) is 10.2 Å². The van der Waals surface area contributed by atoms with Crippen LogP contribution >= 0.6 is 12.4 Å². The summed E-state index contributed by atoms with van der Waals surface area (Å²) in [4.78, 5) is 2.04. The zero-order valence-electron chi connectivity index (χ0n) is 12.6. The van der Waals surface area contributed by atoms with E-state index in [1.165, 1.54) is 6.07 Å². The van der Waals surface area contributed by atoms with Crippen molar-refractivity contribution in [1.29, 1.82) is 0 Å². The molecule has 0 spiro atoms. The Morgan fingerprint density at radius 1 is 1.17 bits per heavy atom. The van der Waals surface area contributed by atoms with E-state index in [-0.39, 0.29) is 25.1 Å². The minimum absolute atomic E-state index is 0. The third-order valence-corrected chi connectivity index (χ3v) is 3.86. The van der Waals surface area contributed by atoms with E-state index < -0.39 is 17.6 Å². The lowest BCUT2D eigenvalue weighted by Crippen LogP contribution is -2.45. The molecule has 1 atom stereocenters. The van der Waals surface area contributed by atoms with Gasteiger partial charge in [0.25, 0.3) is 0 Å². The number of nitrogens with zero attached hydrogens (tertiary/aromatic N) is 1. The van der Waals surface area contributed by atoms with Crippen LogP contribution in [0.1, 0.15) is 30.0 Å². The molecule has 0 amide bonds. The Morgan fingerprint density at radius 2 is 1.83 bits per heavy atom. The molecule has 1 aliphatic heterocycles. The Labute approximate surface area is 139 Å². The van der Waals surface area contributed by atoms with Gasteiger partial charge in [0, 0.05) is 38.8 Å². The fourth-order valence-corrected chi connectivity index (χ4v) is 2.81. The van der Waals surface area contributed by atoms with Gasteiger partial charge in [0.05, 0.1) is 5.56 Å². The number of hydrogen-bond acceptors (Lipinski definition) is 3. The molecule has 0 saturated carbocycles. The maximum absolute atomic E-state index is 13.6. The molecule has 3 nitrogen and oxygen atoms in total. The van der Waals surface area contributed by atoms with Crippen LogP contribution in [-0.4, -0.2) is 42.8 Å². The van der Waals surface area contributed by atoms with Crippen molar-refractivity contribution in [2.24, 2.45) is 0 Å². The van der Waals surface area contributed by atoms with Crippen LogP contribution in [0.15, 0.2) is 18.2 Å². The topological polar surface area (TPSA) is 35.5 Å². The van der Waals surface area contributed by atoms with E-state index >= 15 is 0 Å². The van der Waals surface area contributed by atoms with Gasteiger partial charge in [0.15, 0.2) is 0 Å². The van der Waals surface area contributed by atoms with Crippen LogP contribution in [0, 0.1) is 5.82 Å². The van der Waals surface area contributed by atoms with Gasteiger partial charge in [0.1, 0.15) is 5.82 Å². The van der Waals surface area contributed by atoms with Gasteiger partial charge in [-0.2, -0.15) is 13.2 Å². The molecule has 0 radical (unpaired) electrons. The van der Waals surface area contributed by atoms with Crippen LogP contribution in [0.2, 0.25) is 0 Å². The van der Waals surface area contributed by atoms with Crippen molar-refractivity contribution in [3.63, 3.8) is 0 Å². The van der Waals surface area contributed by atoms with E-state index in [2.05, 4.69) is 5.32 Å². The Kier molecular flexibility index (Phi) is 7.73. The molecule has 1 heterocycles. The zero-order valence-corrected chi connectivity index (χ0v) is 13.4. The minimum atomic E-state index is -4.57. The molecular formula is C15H21ClF4N2O. The van der Waals surface area contributed by atoms with Gasteiger partial charge in [-0.3, -0.25) is 4.90 Å². The number of rotatable bonds is 5. The van der Waals surface area contributed by atoms with Crippen LogP contribution in [0.3, 0.4) is 0 Å². The van der Waals surface area contributed by atoms with Gasteiger partial charge < -0.3 is 10.4 Å². The first-order valence-corrected chi connectivity index (χ1v) is 7.35. The van der Waals surface area contributed by atoms with Crippen molar-refractivity contribution in [2.75, 3.05) is 32.8 Å². The molecule has 1 saturated heterocycles. The van der Waals surface area contributed by atoms with E-state index in [1.54, 1.807) is 0 Å². The highest BCUT2D eigenvalue weighted by Gasteiger charge is 2.33. The summed E-state index contributed by atoms with van der Waals surface area (Å²) in [6.45, 7) is 2.83. The maximum Gasteiger partial charge on any atom is 0.416 e. The van der Waals surface area contributed by atoms with Gasteiger partial charge in [-0.1, -0.05) is 0 Å². The standard InChI is InChI=1S/C15H20F4N2O.ClH/c16-13-9-11(8-12(10-13)15(17,18)19)14(2-1-7-22)21-5-3-20-4-6-21;/h8-10,14,20,22H,1-7H2;1H/t14-;/m1./s1. The molecule has 1 aliphatic rings. The van der Waals surface area contributed by atoms with E-state index in [0.717, 1.165) is 19.2 Å². The second kappa shape index (κ2) is 8.82. The van der Waals surface area contributed by atoms with Gasteiger partial charge >= 0.3 is 6.18 Å². The Bertz CT molecular complexity index is 493. The number of alkyl halides is 3. The van der Waals surface area contributed by atoms with E-state index in [4.69, 9.17) is 5.11 Å². The molecule has 0 bridgehead atoms. The average Bonchev–Trinajstić information content (AvgIpc) is 2.47. The molecule has 1 fully saturated rings. The van der Waals surface area contributed by atoms with Gasteiger partial charge in [0.2, 0.25) is 0 Å². The Hall–Kier alpha value is -0.890. The third kappa shape index (κ3) is 5.60. The highest BCUT2D eigenvalue weighted by Crippen LogP contribution is 2.34. The smallest absolute Gasteiger partial charge is 0.396 e. The molecule has 8 heteroatoms. The summed E-state index contributed by atoms with van der Waals surface area (Å²) in [5.74, 6) is -0.881. The summed E-state index contributed by atoms with van der Waals surface area (Å²) in [5.41, 5.74) is -0.644. The van der Waals surface area contributed by atoms with Crippen molar-refractivity contribution in [3.05, 3.63) is 35.1 Å².